The summed E-state index contributed by atoms with van der Waals surface area (Å²) in [5.41, 5.74) is 0. The van der Waals surface area contributed by atoms with Gasteiger partial charge in [-0.25, -0.2) is 4.79 Å². The number of fused-ring (bicyclic) bond motifs is 1. The minimum absolute atomic E-state index is 0.0150. The molecule has 5 heteroatoms. The lowest BCUT2D eigenvalue weighted by molar-refractivity contribution is -0.150. The van der Waals surface area contributed by atoms with Gasteiger partial charge >= 0.3 is 5.97 Å². The van der Waals surface area contributed by atoms with E-state index in [1.165, 1.54) is 6.42 Å². The number of likely N-dealkylation sites (tertiary alicyclic amines) is 1. The van der Waals surface area contributed by atoms with Crippen molar-refractivity contribution in [1.29, 1.82) is 0 Å². The summed E-state index contributed by atoms with van der Waals surface area (Å²) >= 11 is 0. The Kier molecular flexibility index (Phi) is 4.80. The molecule has 0 aromatic carbocycles. The molecule has 5 nitrogen and oxygen atoms in total. The van der Waals surface area contributed by atoms with Crippen molar-refractivity contribution >= 4 is 11.9 Å². The Morgan fingerprint density at radius 1 is 1.32 bits per heavy atom. The zero-order valence-electron chi connectivity index (χ0n) is 11.5. The van der Waals surface area contributed by atoms with Gasteiger partial charge in [-0.05, 0) is 31.6 Å². The number of hydrogen-bond acceptors (Lipinski definition) is 3. The SMILES string of the molecule is COCCCC(=O)N1[C@@H]2CCCC[C@@H]2C[C@H]1C(=O)O. The second-order valence-corrected chi connectivity index (χ2v) is 5.60. The predicted molar refractivity (Wildman–Crippen MR) is 69.7 cm³/mol. The highest BCUT2D eigenvalue weighted by atomic mass is 16.5. The molecule has 0 aromatic heterocycles. The van der Waals surface area contributed by atoms with Gasteiger partial charge < -0.3 is 14.7 Å². The number of amides is 1. The van der Waals surface area contributed by atoms with Crippen molar-refractivity contribution in [1.82, 2.24) is 4.90 Å². The zero-order valence-corrected chi connectivity index (χ0v) is 11.5. The Labute approximate surface area is 113 Å². The summed E-state index contributed by atoms with van der Waals surface area (Å²) in [6.07, 6.45) is 5.99. The Morgan fingerprint density at radius 2 is 2.05 bits per heavy atom. The number of hydrogen-bond donors (Lipinski definition) is 1. The van der Waals surface area contributed by atoms with Crippen LogP contribution in [-0.4, -0.2) is 47.7 Å². The average molecular weight is 269 g/mol. The van der Waals surface area contributed by atoms with E-state index in [1.807, 2.05) is 0 Å². The molecule has 1 aliphatic heterocycles. The topological polar surface area (TPSA) is 66.8 Å². The highest BCUT2D eigenvalue weighted by Gasteiger charge is 2.47. The maximum Gasteiger partial charge on any atom is 0.326 e. The summed E-state index contributed by atoms with van der Waals surface area (Å²) in [6.45, 7) is 0.547. The molecular weight excluding hydrogens is 246 g/mol. The van der Waals surface area contributed by atoms with Crippen molar-refractivity contribution < 1.29 is 19.4 Å². The van der Waals surface area contributed by atoms with E-state index in [1.54, 1.807) is 12.0 Å². The zero-order chi connectivity index (χ0) is 13.8. The molecule has 1 aliphatic carbocycles. The number of aliphatic carboxylic acids is 1. The first-order valence-electron chi connectivity index (χ1n) is 7.18. The van der Waals surface area contributed by atoms with E-state index in [4.69, 9.17) is 4.74 Å². The van der Waals surface area contributed by atoms with Gasteiger partial charge in [-0.1, -0.05) is 12.8 Å². The molecule has 3 atom stereocenters. The van der Waals surface area contributed by atoms with Crippen molar-refractivity contribution in [2.75, 3.05) is 13.7 Å². The lowest BCUT2D eigenvalue weighted by atomic mass is 9.84. The van der Waals surface area contributed by atoms with Gasteiger partial charge in [-0.2, -0.15) is 0 Å². The highest BCUT2D eigenvalue weighted by Crippen LogP contribution is 2.40. The van der Waals surface area contributed by atoms with Crippen molar-refractivity contribution in [3.05, 3.63) is 0 Å². The van der Waals surface area contributed by atoms with Crippen LogP contribution in [0.25, 0.3) is 0 Å². The molecule has 1 saturated heterocycles. The summed E-state index contributed by atoms with van der Waals surface area (Å²) in [5, 5.41) is 9.33. The van der Waals surface area contributed by atoms with Gasteiger partial charge in [0.25, 0.3) is 0 Å². The van der Waals surface area contributed by atoms with Crippen LogP contribution in [0.1, 0.15) is 44.9 Å². The third kappa shape index (κ3) is 3.08. The van der Waals surface area contributed by atoms with Crippen LogP contribution in [0.4, 0.5) is 0 Å². The van der Waals surface area contributed by atoms with Crippen LogP contribution >= 0.6 is 0 Å². The monoisotopic (exact) mass is 269 g/mol. The first-order chi connectivity index (χ1) is 9.15. The number of nitrogens with zero attached hydrogens (tertiary/aromatic N) is 1. The summed E-state index contributed by atoms with van der Waals surface area (Å²) < 4.78 is 4.95. The van der Waals surface area contributed by atoms with Crippen LogP contribution < -0.4 is 0 Å². The number of methoxy groups -OCH3 is 1. The number of rotatable bonds is 5. The molecule has 2 fully saturated rings. The quantitative estimate of drug-likeness (QED) is 0.771. The third-order valence-electron chi connectivity index (χ3n) is 4.40. The molecule has 108 valence electrons. The maximum absolute atomic E-state index is 12.3. The highest BCUT2D eigenvalue weighted by molar-refractivity contribution is 5.84. The summed E-state index contributed by atoms with van der Waals surface area (Å²) in [7, 11) is 1.61. The second kappa shape index (κ2) is 6.37. The van der Waals surface area contributed by atoms with Gasteiger partial charge in [-0.3, -0.25) is 4.79 Å². The van der Waals surface area contributed by atoms with Gasteiger partial charge in [0.05, 0.1) is 0 Å². The number of ether oxygens (including phenoxy) is 1. The molecule has 2 aliphatic rings. The van der Waals surface area contributed by atoms with Crippen LogP contribution in [0, 0.1) is 5.92 Å². The largest absolute Gasteiger partial charge is 0.480 e. The molecule has 1 amide bonds. The Balaban J connectivity index is 2.04. The fraction of sp³-hybridized carbons (Fsp3) is 0.857. The van der Waals surface area contributed by atoms with E-state index < -0.39 is 12.0 Å². The number of carbonyl (C=O) groups excluding carboxylic acids is 1. The second-order valence-electron chi connectivity index (χ2n) is 5.60. The van der Waals surface area contributed by atoms with Crippen molar-refractivity contribution in [2.24, 2.45) is 5.92 Å². The van der Waals surface area contributed by atoms with Crippen molar-refractivity contribution in [3.8, 4) is 0 Å². The Morgan fingerprint density at radius 3 is 2.74 bits per heavy atom. The number of carboxylic acids is 1. The molecule has 1 heterocycles. The molecule has 19 heavy (non-hydrogen) atoms. The third-order valence-corrected chi connectivity index (χ3v) is 4.40. The first kappa shape index (κ1) is 14.3. The summed E-state index contributed by atoms with van der Waals surface area (Å²) in [6, 6.07) is -0.451. The molecule has 0 spiro atoms. The molecule has 2 rings (SSSR count). The molecule has 1 N–H and O–H groups in total. The smallest absolute Gasteiger partial charge is 0.326 e. The normalized spacial score (nSPS) is 30.2. The van der Waals surface area contributed by atoms with Crippen LogP contribution in [-0.2, 0) is 14.3 Å². The molecule has 0 radical (unpaired) electrons. The minimum atomic E-state index is -0.852. The molecule has 1 saturated carbocycles. The molecular formula is C14H23NO4. The minimum Gasteiger partial charge on any atom is -0.480 e. The van der Waals surface area contributed by atoms with E-state index in [0.29, 0.717) is 31.8 Å². The van der Waals surface area contributed by atoms with Gasteiger partial charge in [0.2, 0.25) is 5.91 Å². The van der Waals surface area contributed by atoms with Crippen molar-refractivity contribution in [3.63, 3.8) is 0 Å². The number of carbonyl (C=O) groups is 2. The van der Waals surface area contributed by atoms with Crippen LogP contribution in [0.5, 0.6) is 0 Å². The maximum atomic E-state index is 12.3. The Bertz CT molecular complexity index is 344. The lowest BCUT2D eigenvalue weighted by Crippen LogP contribution is -2.46. The van der Waals surface area contributed by atoms with Gasteiger partial charge in [0.15, 0.2) is 0 Å². The van der Waals surface area contributed by atoms with Crippen LogP contribution in [0.3, 0.4) is 0 Å². The first-order valence-corrected chi connectivity index (χ1v) is 7.18. The molecule has 0 aromatic rings. The summed E-state index contributed by atoms with van der Waals surface area (Å²) in [4.78, 5) is 25.3. The predicted octanol–water partition coefficient (Wildman–Crippen LogP) is 1.66. The van der Waals surface area contributed by atoms with Gasteiger partial charge in [-0.15, -0.1) is 0 Å². The molecule has 0 bridgehead atoms. The lowest BCUT2D eigenvalue weighted by Gasteiger charge is -2.33. The molecule has 0 unspecified atom stereocenters. The van der Waals surface area contributed by atoms with Gasteiger partial charge in [0, 0.05) is 26.2 Å². The Hall–Kier alpha value is -1.10. The average Bonchev–Trinajstić information content (AvgIpc) is 2.78. The fourth-order valence-electron chi connectivity index (χ4n) is 3.54. The van der Waals surface area contributed by atoms with Crippen LogP contribution in [0.2, 0.25) is 0 Å². The van der Waals surface area contributed by atoms with E-state index in [-0.39, 0.29) is 11.9 Å². The standard InChI is InChI=1S/C14H23NO4/c1-19-8-4-7-13(16)15-11-6-3-2-5-10(11)9-12(15)14(17)18/h10-12H,2-9H2,1H3,(H,17,18)/t10-,11-,12+/m1/s1. The van der Waals surface area contributed by atoms with E-state index in [0.717, 1.165) is 19.3 Å². The van der Waals surface area contributed by atoms with E-state index >= 15 is 0 Å². The van der Waals surface area contributed by atoms with Gasteiger partial charge in [0.1, 0.15) is 6.04 Å². The van der Waals surface area contributed by atoms with Crippen LogP contribution in [0.15, 0.2) is 0 Å². The number of carboxylic acid groups (broad SMARTS) is 1. The summed E-state index contributed by atoms with van der Waals surface area (Å²) in [5.74, 6) is -0.477. The fourth-order valence-corrected chi connectivity index (χ4v) is 3.54. The van der Waals surface area contributed by atoms with E-state index in [9.17, 15) is 14.7 Å². The van der Waals surface area contributed by atoms with E-state index in [2.05, 4.69) is 0 Å². The van der Waals surface area contributed by atoms with Crippen molar-refractivity contribution in [2.45, 2.75) is 57.0 Å².